The third-order valence-electron chi connectivity index (χ3n) is 4.65. The molecular weight excluding hydrogens is 376 g/mol. The zero-order chi connectivity index (χ0) is 20.0. The molecule has 1 aromatic carbocycles. The zero-order valence-electron chi connectivity index (χ0n) is 13.9. The van der Waals surface area contributed by atoms with Crippen LogP contribution in [0, 0.1) is 0 Å². The Bertz CT molecular complexity index is 879. The molecule has 0 spiro atoms. The van der Waals surface area contributed by atoms with E-state index < -0.39 is 35.1 Å². The van der Waals surface area contributed by atoms with Gasteiger partial charge in [-0.2, -0.15) is 26.3 Å². The number of halogens is 6. The van der Waals surface area contributed by atoms with Crippen LogP contribution < -0.4 is 0 Å². The molecule has 0 bridgehead atoms. The predicted octanol–water partition coefficient (Wildman–Crippen LogP) is 5.15. The van der Waals surface area contributed by atoms with E-state index in [2.05, 4.69) is 0 Å². The molecule has 0 amide bonds. The fraction of sp³-hybridized carbons (Fsp3) is 0.389. The molecule has 3 nitrogen and oxygen atoms in total. The molecule has 0 saturated carbocycles. The van der Waals surface area contributed by atoms with Crippen molar-refractivity contribution < 1.29 is 36.2 Å². The molecule has 1 aliphatic rings. The van der Waals surface area contributed by atoms with Gasteiger partial charge in [0.1, 0.15) is 5.69 Å². The third kappa shape index (κ3) is 3.68. The number of benzene rings is 1. The van der Waals surface area contributed by atoms with Gasteiger partial charge >= 0.3 is 18.3 Å². The van der Waals surface area contributed by atoms with Crippen molar-refractivity contribution in [2.24, 2.45) is 0 Å². The molecule has 0 radical (unpaired) electrons. The Hall–Kier alpha value is -2.45. The van der Waals surface area contributed by atoms with Crippen LogP contribution in [0.1, 0.15) is 51.3 Å². The minimum absolute atomic E-state index is 0.0573. The van der Waals surface area contributed by atoms with Gasteiger partial charge in [-0.1, -0.05) is 12.1 Å². The lowest BCUT2D eigenvalue weighted by atomic mass is 9.94. The van der Waals surface area contributed by atoms with Crippen LogP contribution in [0.15, 0.2) is 24.3 Å². The largest absolute Gasteiger partial charge is 0.477 e. The minimum atomic E-state index is -4.85. The van der Waals surface area contributed by atoms with E-state index >= 15 is 0 Å². The molecule has 1 heterocycles. The highest BCUT2D eigenvalue weighted by atomic mass is 19.4. The molecule has 1 aromatic heterocycles. The van der Waals surface area contributed by atoms with E-state index in [0.717, 1.165) is 22.8 Å². The Balaban J connectivity index is 2.16. The van der Waals surface area contributed by atoms with Gasteiger partial charge in [-0.25, -0.2) is 4.79 Å². The molecule has 2 aromatic rings. The van der Waals surface area contributed by atoms with Gasteiger partial charge in [0.25, 0.3) is 0 Å². The quantitative estimate of drug-likeness (QED) is 0.736. The lowest BCUT2D eigenvalue weighted by molar-refractivity contribution is -0.139. The van der Waals surface area contributed by atoms with E-state index in [1.54, 1.807) is 0 Å². The molecule has 3 rings (SSSR count). The molecule has 27 heavy (non-hydrogen) atoms. The second kappa shape index (κ2) is 6.61. The lowest BCUT2D eigenvalue weighted by Crippen LogP contribution is -2.17. The van der Waals surface area contributed by atoms with Crippen molar-refractivity contribution in [3.05, 3.63) is 57.9 Å². The summed E-state index contributed by atoms with van der Waals surface area (Å²) < 4.78 is 80.3. The van der Waals surface area contributed by atoms with Gasteiger partial charge in [0.05, 0.1) is 11.1 Å². The predicted molar refractivity (Wildman–Crippen MR) is 83.6 cm³/mol. The molecule has 146 valence electrons. The van der Waals surface area contributed by atoms with Crippen LogP contribution in [0.25, 0.3) is 0 Å². The second-order valence-corrected chi connectivity index (χ2v) is 6.44. The first-order chi connectivity index (χ1) is 12.5. The van der Waals surface area contributed by atoms with Gasteiger partial charge in [-0.3, -0.25) is 0 Å². The highest BCUT2D eigenvalue weighted by Crippen LogP contribution is 2.41. The number of hydrogen-bond donors (Lipinski definition) is 1. The van der Waals surface area contributed by atoms with E-state index in [1.165, 1.54) is 6.07 Å². The average molecular weight is 391 g/mol. The number of hydrogen-bond acceptors (Lipinski definition) is 1. The molecule has 0 saturated heterocycles. The van der Waals surface area contributed by atoms with Crippen LogP contribution in [0.4, 0.5) is 26.3 Å². The van der Waals surface area contributed by atoms with E-state index in [0.29, 0.717) is 12.8 Å². The van der Waals surface area contributed by atoms with Gasteiger partial charge < -0.3 is 9.67 Å². The fourth-order valence-electron chi connectivity index (χ4n) is 3.60. The zero-order valence-corrected chi connectivity index (χ0v) is 13.9. The molecule has 0 aliphatic heterocycles. The number of carbonyl (C=O) groups is 1. The highest BCUT2D eigenvalue weighted by Gasteiger charge is 2.43. The maximum Gasteiger partial charge on any atom is 0.419 e. The van der Waals surface area contributed by atoms with Crippen LogP contribution in [0.2, 0.25) is 0 Å². The van der Waals surface area contributed by atoms with Crippen molar-refractivity contribution in [3.8, 4) is 0 Å². The van der Waals surface area contributed by atoms with Crippen LogP contribution in [-0.2, 0) is 31.7 Å². The molecule has 0 fully saturated rings. The van der Waals surface area contributed by atoms with Crippen LogP contribution >= 0.6 is 0 Å². The maximum absolute atomic E-state index is 13.5. The van der Waals surface area contributed by atoms with Crippen molar-refractivity contribution in [2.45, 2.75) is 44.6 Å². The second-order valence-electron chi connectivity index (χ2n) is 6.44. The summed E-state index contributed by atoms with van der Waals surface area (Å²) >= 11 is 0. The molecule has 1 N–H and O–H groups in total. The van der Waals surface area contributed by atoms with E-state index in [-0.39, 0.29) is 36.2 Å². The number of aromatic nitrogens is 1. The Labute approximate surface area is 150 Å². The normalized spacial score (nSPS) is 14.9. The molecular formula is C18H15F6NO2. The molecule has 0 unspecified atom stereocenters. The summed E-state index contributed by atoms with van der Waals surface area (Å²) in [6, 6.07) is 4.17. The third-order valence-corrected chi connectivity index (χ3v) is 4.65. The first kappa shape index (κ1) is 19.3. The van der Waals surface area contributed by atoms with Crippen LogP contribution in [-0.4, -0.2) is 15.6 Å². The lowest BCUT2D eigenvalue weighted by Gasteiger charge is -2.17. The van der Waals surface area contributed by atoms with E-state index in [9.17, 15) is 36.2 Å². The highest BCUT2D eigenvalue weighted by molar-refractivity contribution is 5.89. The van der Waals surface area contributed by atoms with Crippen molar-refractivity contribution in [3.63, 3.8) is 0 Å². The minimum Gasteiger partial charge on any atom is -0.477 e. The van der Waals surface area contributed by atoms with Gasteiger partial charge in [0, 0.05) is 12.2 Å². The summed E-state index contributed by atoms with van der Waals surface area (Å²) in [6.45, 7) is -0.371. The van der Waals surface area contributed by atoms with Crippen LogP contribution in [0.5, 0.6) is 0 Å². The first-order valence-corrected chi connectivity index (χ1v) is 8.21. The first-order valence-electron chi connectivity index (χ1n) is 8.21. The van der Waals surface area contributed by atoms with Crippen molar-refractivity contribution in [2.75, 3.05) is 0 Å². The van der Waals surface area contributed by atoms with Gasteiger partial charge in [0.15, 0.2) is 0 Å². The number of fused-ring (bicyclic) bond motifs is 1. The van der Waals surface area contributed by atoms with E-state index in [4.69, 9.17) is 0 Å². The van der Waals surface area contributed by atoms with Crippen LogP contribution in [0.3, 0.4) is 0 Å². The fourth-order valence-corrected chi connectivity index (χ4v) is 3.60. The van der Waals surface area contributed by atoms with Crippen molar-refractivity contribution in [1.82, 2.24) is 4.57 Å². The summed E-state index contributed by atoms with van der Waals surface area (Å²) in [5.74, 6) is -1.75. The molecule has 9 heteroatoms. The summed E-state index contributed by atoms with van der Waals surface area (Å²) in [4.78, 5) is 11.6. The number of nitrogens with zero attached hydrogens (tertiary/aromatic N) is 1. The smallest absolute Gasteiger partial charge is 0.419 e. The summed E-state index contributed by atoms with van der Waals surface area (Å²) in [5.41, 5.74) is -2.76. The number of carboxylic acids is 1. The van der Waals surface area contributed by atoms with Crippen molar-refractivity contribution >= 4 is 5.97 Å². The van der Waals surface area contributed by atoms with Crippen molar-refractivity contribution in [1.29, 1.82) is 0 Å². The number of aromatic carboxylic acids is 1. The number of carboxylic acid groups (broad SMARTS) is 1. The standard InChI is InChI=1S/C18H15F6NO2/c19-17(20,21)11-5-3-4-10(8-11)9-25-13-7-2-1-6-12(13)14(18(22,23)24)15(25)16(26)27/h3-5,8H,1-2,6-7,9H2,(H,26,27). The Kier molecular flexibility index (Phi) is 4.73. The Morgan fingerprint density at radius 3 is 2.30 bits per heavy atom. The average Bonchev–Trinajstić information content (AvgIpc) is 2.89. The summed E-state index contributed by atoms with van der Waals surface area (Å²) in [5, 5.41) is 9.42. The topological polar surface area (TPSA) is 42.2 Å². The molecule has 1 aliphatic carbocycles. The summed E-state index contributed by atoms with van der Waals surface area (Å²) in [6.07, 6.45) is -8.00. The monoisotopic (exact) mass is 391 g/mol. The maximum atomic E-state index is 13.5. The number of alkyl halides is 6. The van der Waals surface area contributed by atoms with Gasteiger partial charge in [0.2, 0.25) is 0 Å². The van der Waals surface area contributed by atoms with Gasteiger partial charge in [-0.05, 0) is 48.9 Å². The Morgan fingerprint density at radius 1 is 1.04 bits per heavy atom. The molecule has 0 atom stereocenters. The summed E-state index contributed by atoms with van der Waals surface area (Å²) in [7, 11) is 0. The van der Waals surface area contributed by atoms with E-state index in [1.807, 2.05) is 0 Å². The van der Waals surface area contributed by atoms with Gasteiger partial charge in [-0.15, -0.1) is 0 Å². The Morgan fingerprint density at radius 2 is 1.70 bits per heavy atom. The SMILES string of the molecule is O=C(O)c1c(C(F)(F)F)c2c(n1Cc1cccc(C(F)(F)F)c1)CCCC2. The number of rotatable bonds is 3.